The summed E-state index contributed by atoms with van der Waals surface area (Å²) in [5, 5.41) is 0. The molecule has 0 aromatic heterocycles. The molecule has 0 aliphatic carbocycles. The molecule has 0 bridgehead atoms. The predicted molar refractivity (Wildman–Crippen MR) is 100 cm³/mol. The third-order valence-electron chi connectivity index (χ3n) is 4.97. The van der Waals surface area contributed by atoms with E-state index in [1.165, 1.54) is 31.4 Å². The van der Waals surface area contributed by atoms with Gasteiger partial charge < -0.3 is 9.64 Å². The van der Waals surface area contributed by atoms with E-state index in [4.69, 9.17) is 4.74 Å². The van der Waals surface area contributed by atoms with Crippen LogP contribution in [0.5, 0.6) is 0 Å². The van der Waals surface area contributed by atoms with Crippen molar-refractivity contribution in [3.8, 4) is 0 Å². The quantitative estimate of drug-likeness (QED) is 0.751. The number of hydrogen-bond donors (Lipinski definition) is 0. The lowest BCUT2D eigenvalue weighted by atomic mass is 10.0. The van der Waals surface area contributed by atoms with Gasteiger partial charge in [-0.25, -0.2) is 13.2 Å². The number of anilines is 1. The smallest absolute Gasteiger partial charge is 0.253 e. The first-order chi connectivity index (χ1) is 13.5. The highest BCUT2D eigenvalue weighted by Gasteiger charge is 2.29. The number of methoxy groups -OCH3 is 1. The second-order valence-electron chi connectivity index (χ2n) is 6.92. The van der Waals surface area contributed by atoms with Crippen molar-refractivity contribution in [2.24, 2.45) is 0 Å². The third kappa shape index (κ3) is 4.91. The summed E-state index contributed by atoms with van der Waals surface area (Å²) in [6.07, 6.45) is 1.38. The van der Waals surface area contributed by atoms with Crippen LogP contribution >= 0.6 is 0 Å². The van der Waals surface area contributed by atoms with Crippen LogP contribution in [0, 0.1) is 17.5 Å². The van der Waals surface area contributed by atoms with Gasteiger partial charge in [0.15, 0.2) is 0 Å². The summed E-state index contributed by atoms with van der Waals surface area (Å²) >= 11 is 0. The summed E-state index contributed by atoms with van der Waals surface area (Å²) in [7, 11) is 1.46. The first kappa shape index (κ1) is 20.4. The molecule has 0 unspecified atom stereocenters. The van der Waals surface area contributed by atoms with E-state index >= 15 is 0 Å². The number of nitrogens with zero attached hydrogens (tertiary/aromatic N) is 2. The summed E-state index contributed by atoms with van der Waals surface area (Å²) in [6.45, 7) is 1.67. The third-order valence-corrected chi connectivity index (χ3v) is 4.97. The highest BCUT2D eigenvalue weighted by Crippen LogP contribution is 2.25. The van der Waals surface area contributed by atoms with Crippen LogP contribution in [-0.4, -0.2) is 43.7 Å². The zero-order valence-corrected chi connectivity index (χ0v) is 15.7. The van der Waals surface area contributed by atoms with Gasteiger partial charge in [0.2, 0.25) is 0 Å². The number of carbonyl (C=O) groups is 1. The van der Waals surface area contributed by atoms with E-state index in [2.05, 4.69) is 4.90 Å². The maximum absolute atomic E-state index is 13.9. The number of benzene rings is 2. The molecular formula is C21H23F3N2O2. The van der Waals surface area contributed by atoms with Crippen molar-refractivity contribution in [3.63, 3.8) is 0 Å². The van der Waals surface area contributed by atoms with Crippen LogP contribution in [-0.2, 0) is 16.1 Å². The molecule has 1 aliphatic heterocycles. The molecule has 7 heteroatoms. The minimum absolute atomic E-state index is 0.0533. The number of rotatable bonds is 6. The maximum Gasteiger partial charge on any atom is 0.253 e. The van der Waals surface area contributed by atoms with Crippen molar-refractivity contribution in [2.45, 2.75) is 25.4 Å². The van der Waals surface area contributed by atoms with Crippen LogP contribution in [0.1, 0.15) is 18.4 Å². The van der Waals surface area contributed by atoms with Crippen molar-refractivity contribution in [1.29, 1.82) is 0 Å². The normalized spacial score (nSPS) is 15.6. The number of carbonyl (C=O) groups excluding carboxylic acids is 1. The lowest BCUT2D eigenvalue weighted by Crippen LogP contribution is -2.48. The molecule has 2 aromatic rings. The van der Waals surface area contributed by atoms with Crippen LogP contribution in [0.15, 0.2) is 42.5 Å². The van der Waals surface area contributed by atoms with Crippen LogP contribution in [0.4, 0.5) is 18.9 Å². The molecule has 0 atom stereocenters. The fraction of sp³-hybridized carbons (Fsp3) is 0.381. The molecule has 150 valence electrons. The Bertz CT molecular complexity index is 806. The highest BCUT2D eigenvalue weighted by atomic mass is 19.1. The summed E-state index contributed by atoms with van der Waals surface area (Å²) in [4.78, 5) is 16.3. The number of amides is 1. The van der Waals surface area contributed by atoms with Crippen LogP contribution in [0.3, 0.4) is 0 Å². The van der Waals surface area contributed by atoms with E-state index in [1.807, 2.05) is 0 Å². The topological polar surface area (TPSA) is 32.8 Å². The number of halogens is 3. The fourth-order valence-corrected chi connectivity index (χ4v) is 3.58. The first-order valence-corrected chi connectivity index (χ1v) is 9.21. The fourth-order valence-electron chi connectivity index (χ4n) is 3.58. The van der Waals surface area contributed by atoms with Crippen LogP contribution in [0.25, 0.3) is 0 Å². The van der Waals surface area contributed by atoms with E-state index in [0.717, 1.165) is 6.07 Å². The minimum atomic E-state index is -0.591. The van der Waals surface area contributed by atoms with Crippen molar-refractivity contribution < 1.29 is 22.7 Å². The van der Waals surface area contributed by atoms with Gasteiger partial charge in [0.1, 0.15) is 24.1 Å². The standard InChI is InChI=1S/C21H23F3N2O2/c1-28-14-21(27)26(18-6-4-16(22)5-7-18)19-8-10-25(11-9-19)13-15-2-3-17(23)12-20(15)24/h2-7,12,19H,8-11,13-14H2,1H3. The number of likely N-dealkylation sites (tertiary alicyclic amines) is 1. The Morgan fingerprint density at radius 2 is 1.71 bits per heavy atom. The molecule has 3 rings (SSSR count). The lowest BCUT2D eigenvalue weighted by molar-refractivity contribution is -0.122. The first-order valence-electron chi connectivity index (χ1n) is 9.21. The maximum atomic E-state index is 13.9. The van der Waals surface area contributed by atoms with Crippen LogP contribution < -0.4 is 4.90 Å². The average Bonchev–Trinajstić information content (AvgIpc) is 2.67. The Morgan fingerprint density at radius 3 is 2.32 bits per heavy atom. The zero-order valence-electron chi connectivity index (χ0n) is 15.7. The van der Waals surface area contributed by atoms with Gasteiger partial charge in [0.05, 0.1) is 0 Å². The highest BCUT2D eigenvalue weighted by molar-refractivity contribution is 5.94. The summed E-state index contributed by atoms with van der Waals surface area (Å²) < 4.78 is 45.2. The van der Waals surface area contributed by atoms with Crippen molar-refractivity contribution in [3.05, 3.63) is 65.5 Å². The second-order valence-corrected chi connectivity index (χ2v) is 6.92. The molecule has 1 heterocycles. The Kier molecular flexibility index (Phi) is 6.70. The van der Waals surface area contributed by atoms with E-state index in [-0.39, 0.29) is 24.4 Å². The summed E-state index contributed by atoms with van der Waals surface area (Å²) in [6, 6.07) is 9.38. The zero-order chi connectivity index (χ0) is 20.1. The van der Waals surface area contributed by atoms with Crippen LogP contribution in [0.2, 0.25) is 0 Å². The Balaban J connectivity index is 1.67. The Hall–Kier alpha value is -2.38. The predicted octanol–water partition coefficient (Wildman–Crippen LogP) is 3.75. The Morgan fingerprint density at radius 1 is 1.07 bits per heavy atom. The monoisotopic (exact) mass is 392 g/mol. The molecule has 0 spiro atoms. The molecule has 1 fully saturated rings. The van der Waals surface area contributed by atoms with Gasteiger partial charge >= 0.3 is 0 Å². The average molecular weight is 392 g/mol. The van der Waals surface area contributed by atoms with Gasteiger partial charge in [0.25, 0.3) is 5.91 Å². The van der Waals surface area contributed by atoms with Crippen molar-refractivity contribution >= 4 is 11.6 Å². The van der Waals surface area contributed by atoms with Gasteiger partial charge in [-0.3, -0.25) is 9.69 Å². The molecule has 0 radical (unpaired) electrons. The van der Waals surface area contributed by atoms with E-state index in [0.29, 0.717) is 43.7 Å². The molecule has 2 aromatic carbocycles. The Labute approximate surface area is 162 Å². The molecular weight excluding hydrogens is 369 g/mol. The van der Waals surface area contributed by atoms with Gasteiger partial charge in [-0.05, 0) is 43.2 Å². The molecule has 1 amide bonds. The second kappa shape index (κ2) is 9.21. The molecule has 0 saturated carbocycles. The molecule has 1 saturated heterocycles. The lowest BCUT2D eigenvalue weighted by Gasteiger charge is -2.38. The molecule has 28 heavy (non-hydrogen) atoms. The van der Waals surface area contributed by atoms with Crippen molar-refractivity contribution in [1.82, 2.24) is 4.90 Å². The van der Waals surface area contributed by atoms with Crippen molar-refractivity contribution in [2.75, 3.05) is 31.7 Å². The summed E-state index contributed by atoms with van der Waals surface area (Å²) in [5.41, 5.74) is 1.08. The van der Waals surface area contributed by atoms with E-state index in [1.54, 1.807) is 17.0 Å². The molecule has 1 aliphatic rings. The van der Waals surface area contributed by atoms with Gasteiger partial charge in [-0.1, -0.05) is 6.07 Å². The number of hydrogen-bond acceptors (Lipinski definition) is 3. The molecule has 0 N–H and O–H groups in total. The summed E-state index contributed by atoms with van der Waals surface area (Å²) in [5.74, 6) is -1.69. The number of piperidine rings is 1. The van der Waals surface area contributed by atoms with Gasteiger partial charge in [0, 0.05) is 50.1 Å². The van der Waals surface area contributed by atoms with Gasteiger partial charge in [-0.15, -0.1) is 0 Å². The number of ether oxygens (including phenoxy) is 1. The largest absolute Gasteiger partial charge is 0.375 e. The molecule has 4 nitrogen and oxygen atoms in total. The minimum Gasteiger partial charge on any atom is -0.375 e. The van der Waals surface area contributed by atoms with E-state index < -0.39 is 11.6 Å². The van der Waals surface area contributed by atoms with Gasteiger partial charge in [-0.2, -0.15) is 0 Å². The SMILES string of the molecule is COCC(=O)N(c1ccc(F)cc1)C1CCN(Cc2ccc(F)cc2F)CC1. The van der Waals surface area contributed by atoms with E-state index in [9.17, 15) is 18.0 Å².